The molecule has 5 nitrogen and oxygen atoms in total. The molecule has 4 rings (SSSR count). The topological polar surface area (TPSA) is 61.4 Å². The highest BCUT2D eigenvalue weighted by Crippen LogP contribution is 2.35. The van der Waals surface area contributed by atoms with Gasteiger partial charge in [-0.15, -0.1) is 0 Å². The summed E-state index contributed by atoms with van der Waals surface area (Å²) in [6, 6.07) is 21.0. The summed E-state index contributed by atoms with van der Waals surface area (Å²) in [5, 5.41) is 6.26. The maximum absolute atomic E-state index is 13.3. The van der Waals surface area contributed by atoms with Crippen LogP contribution in [0.25, 0.3) is 0 Å². The van der Waals surface area contributed by atoms with Gasteiger partial charge in [0.25, 0.3) is 11.8 Å². The summed E-state index contributed by atoms with van der Waals surface area (Å²) in [6.07, 6.45) is 0.864. The number of carbonyl (C=O) groups excluding carboxylic acids is 2. The molecule has 2 amide bonds. The summed E-state index contributed by atoms with van der Waals surface area (Å²) in [4.78, 5) is 27.6. The Bertz CT molecular complexity index is 1120. The molecule has 0 fully saturated rings. The van der Waals surface area contributed by atoms with Crippen molar-refractivity contribution in [1.29, 1.82) is 0 Å². The van der Waals surface area contributed by atoms with E-state index < -0.39 is 0 Å². The van der Waals surface area contributed by atoms with Crippen LogP contribution in [0.3, 0.4) is 0 Å². The molecular formula is C26H27N3O2. The third-order valence-electron chi connectivity index (χ3n) is 5.86. The number of carbonyl (C=O) groups is 2. The average molecular weight is 414 g/mol. The molecule has 0 saturated carbocycles. The van der Waals surface area contributed by atoms with Gasteiger partial charge in [-0.25, -0.2) is 0 Å². The standard InChI is InChI=1S/C26H27N3O2/c1-17-8-13-24-22(16-17)23(27-3)14-15-29(24)26(31)19-9-11-20(12-10-19)28-25(30)21-7-5-4-6-18(21)2/h4-13,16,23,27H,14-15H2,1-3H3,(H,28,30). The Labute approximate surface area is 183 Å². The third-order valence-corrected chi connectivity index (χ3v) is 5.86. The normalized spacial score (nSPS) is 15.3. The monoisotopic (exact) mass is 413 g/mol. The van der Waals surface area contributed by atoms with E-state index in [1.807, 2.05) is 49.2 Å². The minimum Gasteiger partial charge on any atom is -0.322 e. The van der Waals surface area contributed by atoms with Gasteiger partial charge in [-0.1, -0.05) is 35.9 Å². The van der Waals surface area contributed by atoms with Crippen LogP contribution >= 0.6 is 0 Å². The van der Waals surface area contributed by atoms with Gasteiger partial charge >= 0.3 is 0 Å². The highest BCUT2D eigenvalue weighted by Gasteiger charge is 2.28. The van der Waals surface area contributed by atoms with Crippen LogP contribution in [-0.2, 0) is 0 Å². The molecular weight excluding hydrogens is 386 g/mol. The maximum Gasteiger partial charge on any atom is 0.258 e. The highest BCUT2D eigenvalue weighted by atomic mass is 16.2. The van der Waals surface area contributed by atoms with E-state index >= 15 is 0 Å². The molecule has 5 heteroatoms. The number of hydrogen-bond acceptors (Lipinski definition) is 3. The van der Waals surface area contributed by atoms with E-state index in [-0.39, 0.29) is 17.9 Å². The molecule has 0 radical (unpaired) electrons. The van der Waals surface area contributed by atoms with E-state index in [9.17, 15) is 9.59 Å². The largest absolute Gasteiger partial charge is 0.322 e. The van der Waals surface area contributed by atoms with Crippen molar-refractivity contribution >= 4 is 23.2 Å². The zero-order chi connectivity index (χ0) is 22.0. The minimum absolute atomic E-state index is 0.0311. The fourth-order valence-electron chi connectivity index (χ4n) is 4.12. The first-order chi connectivity index (χ1) is 15.0. The molecule has 0 aromatic heterocycles. The molecule has 158 valence electrons. The summed E-state index contributed by atoms with van der Waals surface area (Å²) in [6.45, 7) is 4.64. The lowest BCUT2D eigenvalue weighted by molar-refractivity contribution is 0.0982. The SMILES string of the molecule is CNC1CCN(C(=O)c2ccc(NC(=O)c3ccccc3C)cc2)c2ccc(C)cc21. The molecule has 0 aliphatic carbocycles. The van der Waals surface area contributed by atoms with Crippen LogP contribution in [-0.4, -0.2) is 25.4 Å². The second-order valence-electron chi connectivity index (χ2n) is 8.00. The number of aryl methyl sites for hydroxylation is 2. The smallest absolute Gasteiger partial charge is 0.258 e. The van der Waals surface area contributed by atoms with Gasteiger partial charge < -0.3 is 15.5 Å². The Morgan fingerprint density at radius 1 is 0.968 bits per heavy atom. The number of nitrogens with one attached hydrogen (secondary N) is 2. The van der Waals surface area contributed by atoms with Gasteiger partial charge in [-0.2, -0.15) is 0 Å². The van der Waals surface area contributed by atoms with Gasteiger partial charge in [0.15, 0.2) is 0 Å². The quantitative estimate of drug-likeness (QED) is 0.642. The van der Waals surface area contributed by atoms with E-state index in [2.05, 4.69) is 23.6 Å². The Morgan fingerprint density at radius 2 is 1.71 bits per heavy atom. The first-order valence-electron chi connectivity index (χ1n) is 10.5. The summed E-state index contributed by atoms with van der Waals surface area (Å²) in [7, 11) is 1.96. The van der Waals surface area contributed by atoms with Gasteiger partial charge in [-0.3, -0.25) is 9.59 Å². The fourth-order valence-corrected chi connectivity index (χ4v) is 4.12. The van der Waals surface area contributed by atoms with Crippen molar-refractivity contribution in [3.63, 3.8) is 0 Å². The van der Waals surface area contributed by atoms with E-state index in [4.69, 9.17) is 0 Å². The maximum atomic E-state index is 13.3. The lowest BCUT2D eigenvalue weighted by Gasteiger charge is -2.34. The molecule has 1 unspecified atom stereocenters. The highest BCUT2D eigenvalue weighted by molar-refractivity contribution is 6.08. The number of hydrogen-bond donors (Lipinski definition) is 2. The summed E-state index contributed by atoms with van der Waals surface area (Å²) in [5.41, 5.74) is 6.12. The number of benzene rings is 3. The average Bonchev–Trinajstić information content (AvgIpc) is 2.78. The third kappa shape index (κ3) is 4.23. The van der Waals surface area contributed by atoms with E-state index in [0.29, 0.717) is 23.4 Å². The summed E-state index contributed by atoms with van der Waals surface area (Å²) in [5.74, 6) is -0.188. The molecule has 1 aliphatic rings. The zero-order valence-electron chi connectivity index (χ0n) is 18.1. The lowest BCUT2D eigenvalue weighted by Crippen LogP contribution is -2.39. The van der Waals surface area contributed by atoms with Crippen LogP contribution in [0.1, 0.15) is 49.9 Å². The van der Waals surface area contributed by atoms with E-state index in [0.717, 1.165) is 23.2 Å². The Hall–Kier alpha value is -3.44. The van der Waals surface area contributed by atoms with E-state index in [1.165, 1.54) is 5.56 Å². The molecule has 1 aliphatic heterocycles. The van der Waals surface area contributed by atoms with Crippen molar-refractivity contribution in [2.24, 2.45) is 0 Å². The molecule has 0 saturated heterocycles. The number of amides is 2. The lowest BCUT2D eigenvalue weighted by atomic mass is 9.94. The van der Waals surface area contributed by atoms with Crippen molar-refractivity contribution < 1.29 is 9.59 Å². The molecule has 0 bridgehead atoms. The number of rotatable bonds is 4. The molecule has 1 atom stereocenters. The van der Waals surface area contributed by atoms with Gasteiger partial charge in [0.1, 0.15) is 0 Å². The Morgan fingerprint density at radius 3 is 2.42 bits per heavy atom. The van der Waals surface area contributed by atoms with Crippen molar-refractivity contribution in [3.8, 4) is 0 Å². The van der Waals surface area contributed by atoms with Crippen LogP contribution in [0.5, 0.6) is 0 Å². The van der Waals surface area contributed by atoms with Crippen LogP contribution in [0.15, 0.2) is 66.7 Å². The molecule has 1 heterocycles. The second-order valence-corrected chi connectivity index (χ2v) is 8.00. The predicted octanol–water partition coefficient (Wildman–Crippen LogP) is 4.87. The van der Waals surface area contributed by atoms with Crippen LogP contribution in [0, 0.1) is 13.8 Å². The van der Waals surface area contributed by atoms with Crippen molar-refractivity contribution in [3.05, 3.63) is 94.5 Å². The molecule has 31 heavy (non-hydrogen) atoms. The summed E-state index contributed by atoms with van der Waals surface area (Å²) >= 11 is 0. The van der Waals surface area contributed by atoms with Crippen molar-refractivity contribution in [1.82, 2.24) is 5.32 Å². The van der Waals surface area contributed by atoms with Crippen LogP contribution < -0.4 is 15.5 Å². The van der Waals surface area contributed by atoms with Gasteiger partial charge in [0.2, 0.25) is 0 Å². The molecule has 3 aromatic rings. The number of nitrogens with zero attached hydrogens (tertiary/aromatic N) is 1. The zero-order valence-corrected chi connectivity index (χ0v) is 18.1. The fraction of sp³-hybridized carbons (Fsp3) is 0.231. The van der Waals surface area contributed by atoms with Gasteiger partial charge in [0.05, 0.1) is 0 Å². The second kappa shape index (κ2) is 8.74. The minimum atomic E-state index is -0.157. The number of anilines is 2. The first kappa shape index (κ1) is 20.8. The van der Waals surface area contributed by atoms with Gasteiger partial charge in [-0.05, 0) is 74.8 Å². The van der Waals surface area contributed by atoms with Crippen LogP contribution in [0.2, 0.25) is 0 Å². The number of fused-ring (bicyclic) bond motifs is 1. The first-order valence-corrected chi connectivity index (χ1v) is 10.5. The molecule has 2 N–H and O–H groups in total. The predicted molar refractivity (Wildman–Crippen MR) is 125 cm³/mol. The molecule has 3 aromatic carbocycles. The van der Waals surface area contributed by atoms with Crippen molar-refractivity contribution in [2.45, 2.75) is 26.3 Å². The van der Waals surface area contributed by atoms with E-state index in [1.54, 1.807) is 30.3 Å². The van der Waals surface area contributed by atoms with Crippen LogP contribution in [0.4, 0.5) is 11.4 Å². The summed E-state index contributed by atoms with van der Waals surface area (Å²) < 4.78 is 0. The Kier molecular flexibility index (Phi) is 5.87. The Balaban J connectivity index is 1.53. The van der Waals surface area contributed by atoms with Crippen molar-refractivity contribution in [2.75, 3.05) is 23.8 Å². The molecule has 0 spiro atoms. The van der Waals surface area contributed by atoms with Gasteiger partial charge in [0, 0.05) is 35.1 Å².